The average Bonchev–Trinajstić information content (AvgIpc) is 2.37. The van der Waals surface area contributed by atoms with Crippen molar-refractivity contribution in [3.05, 3.63) is 30.1 Å². The minimum absolute atomic E-state index is 0.0333. The van der Waals surface area contributed by atoms with Gasteiger partial charge in [0.1, 0.15) is 0 Å². The van der Waals surface area contributed by atoms with Crippen LogP contribution in [0.4, 0.5) is 0 Å². The molecule has 1 aliphatic rings. The third-order valence-corrected chi connectivity index (χ3v) is 3.30. The van der Waals surface area contributed by atoms with Gasteiger partial charge in [-0.25, -0.2) is 0 Å². The molecule has 1 aliphatic heterocycles. The van der Waals surface area contributed by atoms with E-state index in [4.69, 9.17) is 0 Å². The topological polar surface area (TPSA) is 54.0 Å². The second-order valence-corrected chi connectivity index (χ2v) is 4.75. The van der Waals surface area contributed by atoms with E-state index in [9.17, 15) is 4.79 Å². The fraction of sp³-hybridized carbons (Fsp3) is 0.571. The minimum Gasteiger partial charge on any atom is -0.349 e. The van der Waals surface area contributed by atoms with E-state index in [0.29, 0.717) is 6.54 Å². The first kappa shape index (κ1) is 13.0. The monoisotopic (exact) mass is 247 g/mol. The molecule has 2 heterocycles. The van der Waals surface area contributed by atoms with Crippen molar-refractivity contribution in [1.29, 1.82) is 0 Å². The summed E-state index contributed by atoms with van der Waals surface area (Å²) in [6.45, 7) is 1.46. The van der Waals surface area contributed by atoms with E-state index in [1.807, 2.05) is 18.2 Å². The van der Waals surface area contributed by atoms with Gasteiger partial charge in [0.15, 0.2) is 0 Å². The van der Waals surface area contributed by atoms with Crippen molar-refractivity contribution in [2.45, 2.75) is 44.7 Å². The summed E-state index contributed by atoms with van der Waals surface area (Å²) in [4.78, 5) is 16.2. The van der Waals surface area contributed by atoms with Crippen LogP contribution in [-0.4, -0.2) is 23.5 Å². The Labute approximate surface area is 108 Å². The largest absolute Gasteiger partial charge is 0.349 e. The molecule has 1 atom stereocenters. The number of carbonyl (C=O) groups is 1. The average molecular weight is 247 g/mol. The predicted molar refractivity (Wildman–Crippen MR) is 71.0 cm³/mol. The van der Waals surface area contributed by atoms with Gasteiger partial charge in [-0.3, -0.25) is 9.78 Å². The third kappa shape index (κ3) is 4.11. The molecule has 4 nitrogen and oxygen atoms in total. The van der Waals surface area contributed by atoms with Crippen LogP contribution >= 0.6 is 0 Å². The second-order valence-electron chi connectivity index (χ2n) is 4.75. The van der Waals surface area contributed by atoms with Crippen molar-refractivity contribution in [3.8, 4) is 0 Å². The van der Waals surface area contributed by atoms with Crippen LogP contribution in [0.3, 0.4) is 0 Å². The van der Waals surface area contributed by atoms with Gasteiger partial charge in [0, 0.05) is 6.20 Å². The number of carbonyl (C=O) groups excluding carboxylic acids is 1. The molecule has 1 fully saturated rings. The summed E-state index contributed by atoms with van der Waals surface area (Å²) in [5.41, 5.74) is 0.900. The van der Waals surface area contributed by atoms with Crippen molar-refractivity contribution in [2.75, 3.05) is 6.54 Å². The summed E-state index contributed by atoms with van der Waals surface area (Å²) in [6, 6.07) is 5.70. The molecule has 1 aromatic heterocycles. The molecular weight excluding hydrogens is 226 g/mol. The van der Waals surface area contributed by atoms with Crippen LogP contribution in [0.25, 0.3) is 0 Å². The summed E-state index contributed by atoms with van der Waals surface area (Å²) in [5.74, 6) is 0.0996. The summed E-state index contributed by atoms with van der Waals surface area (Å²) < 4.78 is 0. The van der Waals surface area contributed by atoms with Crippen molar-refractivity contribution < 1.29 is 4.79 Å². The lowest BCUT2D eigenvalue weighted by Gasteiger charge is -2.20. The molecule has 0 aliphatic carbocycles. The number of nitrogens with one attached hydrogen (secondary N) is 2. The van der Waals surface area contributed by atoms with Crippen LogP contribution < -0.4 is 10.6 Å². The molecule has 2 rings (SSSR count). The number of pyridine rings is 1. The van der Waals surface area contributed by atoms with Gasteiger partial charge < -0.3 is 10.6 Å². The molecule has 1 amide bonds. The fourth-order valence-electron chi connectivity index (χ4n) is 2.23. The van der Waals surface area contributed by atoms with E-state index >= 15 is 0 Å². The van der Waals surface area contributed by atoms with Crippen LogP contribution in [0.5, 0.6) is 0 Å². The maximum Gasteiger partial charge on any atom is 0.237 e. The van der Waals surface area contributed by atoms with Crippen LogP contribution in [0.15, 0.2) is 24.4 Å². The minimum atomic E-state index is -0.0333. The Hall–Kier alpha value is -1.42. The van der Waals surface area contributed by atoms with Crippen LogP contribution in [0.1, 0.15) is 37.8 Å². The lowest BCUT2D eigenvalue weighted by Crippen LogP contribution is -2.44. The lowest BCUT2D eigenvalue weighted by atomic mass is 10.0. The van der Waals surface area contributed by atoms with Crippen LogP contribution in [0, 0.1) is 0 Å². The van der Waals surface area contributed by atoms with E-state index in [0.717, 1.165) is 25.1 Å². The first-order valence-electron chi connectivity index (χ1n) is 6.77. The quantitative estimate of drug-likeness (QED) is 0.853. The standard InChI is InChI=1S/C14H21N3O/c18-14(13-8-3-1-2-5-10-16-13)17-11-12-7-4-6-9-15-12/h4,6-7,9,13,16H,1-3,5,8,10-11H2,(H,17,18). The molecule has 4 heteroatoms. The van der Waals surface area contributed by atoms with Crippen LogP contribution in [0.2, 0.25) is 0 Å². The second kappa shape index (κ2) is 7.11. The zero-order valence-electron chi connectivity index (χ0n) is 10.7. The van der Waals surface area contributed by atoms with E-state index in [1.54, 1.807) is 6.20 Å². The molecule has 0 spiro atoms. The molecule has 0 bridgehead atoms. The van der Waals surface area contributed by atoms with Gasteiger partial charge in [0.2, 0.25) is 5.91 Å². The van der Waals surface area contributed by atoms with Gasteiger partial charge in [0.25, 0.3) is 0 Å². The van der Waals surface area contributed by atoms with Gasteiger partial charge in [-0.15, -0.1) is 0 Å². The number of hydrogen-bond acceptors (Lipinski definition) is 3. The molecular formula is C14H21N3O. The molecule has 1 unspecified atom stereocenters. The van der Waals surface area contributed by atoms with Gasteiger partial charge in [-0.2, -0.15) is 0 Å². The molecule has 0 saturated carbocycles. The highest BCUT2D eigenvalue weighted by Crippen LogP contribution is 2.09. The van der Waals surface area contributed by atoms with Gasteiger partial charge in [0.05, 0.1) is 18.3 Å². The highest BCUT2D eigenvalue weighted by atomic mass is 16.2. The van der Waals surface area contributed by atoms with Crippen LogP contribution in [-0.2, 0) is 11.3 Å². The maximum absolute atomic E-state index is 12.0. The first-order valence-corrected chi connectivity index (χ1v) is 6.77. The Morgan fingerprint density at radius 3 is 3.06 bits per heavy atom. The number of nitrogens with zero attached hydrogens (tertiary/aromatic N) is 1. The molecule has 98 valence electrons. The van der Waals surface area contributed by atoms with E-state index < -0.39 is 0 Å². The number of hydrogen-bond donors (Lipinski definition) is 2. The predicted octanol–water partition coefficient (Wildman–Crippen LogP) is 1.62. The Kier molecular flexibility index (Phi) is 5.15. The Morgan fingerprint density at radius 2 is 2.22 bits per heavy atom. The Bertz CT molecular complexity index is 359. The SMILES string of the molecule is O=C(NCc1ccccn1)C1CCCCCCN1. The van der Waals surface area contributed by atoms with Gasteiger partial charge >= 0.3 is 0 Å². The zero-order valence-corrected chi connectivity index (χ0v) is 10.7. The normalized spacial score (nSPS) is 20.8. The Morgan fingerprint density at radius 1 is 1.33 bits per heavy atom. The van der Waals surface area contributed by atoms with Crippen molar-refractivity contribution in [2.24, 2.45) is 0 Å². The fourth-order valence-corrected chi connectivity index (χ4v) is 2.23. The number of aromatic nitrogens is 1. The van der Waals surface area contributed by atoms with E-state index in [-0.39, 0.29) is 11.9 Å². The highest BCUT2D eigenvalue weighted by molar-refractivity contribution is 5.81. The van der Waals surface area contributed by atoms with Crippen molar-refractivity contribution >= 4 is 5.91 Å². The van der Waals surface area contributed by atoms with E-state index in [2.05, 4.69) is 15.6 Å². The summed E-state index contributed by atoms with van der Waals surface area (Å²) in [6.07, 6.45) is 7.50. The smallest absolute Gasteiger partial charge is 0.237 e. The first-order chi connectivity index (χ1) is 8.86. The zero-order chi connectivity index (χ0) is 12.6. The molecule has 1 saturated heterocycles. The molecule has 1 aromatic rings. The Balaban J connectivity index is 1.79. The van der Waals surface area contributed by atoms with Crippen molar-refractivity contribution in [1.82, 2.24) is 15.6 Å². The summed E-state index contributed by atoms with van der Waals surface area (Å²) in [5, 5.41) is 6.28. The molecule has 0 aromatic carbocycles. The number of rotatable bonds is 3. The molecule has 18 heavy (non-hydrogen) atoms. The van der Waals surface area contributed by atoms with Crippen molar-refractivity contribution in [3.63, 3.8) is 0 Å². The highest BCUT2D eigenvalue weighted by Gasteiger charge is 2.18. The number of amides is 1. The third-order valence-electron chi connectivity index (χ3n) is 3.30. The summed E-state index contributed by atoms with van der Waals surface area (Å²) in [7, 11) is 0. The summed E-state index contributed by atoms with van der Waals surface area (Å²) >= 11 is 0. The lowest BCUT2D eigenvalue weighted by molar-refractivity contribution is -0.123. The van der Waals surface area contributed by atoms with E-state index in [1.165, 1.54) is 19.3 Å². The van der Waals surface area contributed by atoms with Gasteiger partial charge in [-0.05, 0) is 31.5 Å². The maximum atomic E-state index is 12.0. The molecule has 2 N–H and O–H groups in total. The van der Waals surface area contributed by atoms with Gasteiger partial charge in [-0.1, -0.05) is 25.3 Å². The molecule has 0 radical (unpaired) electrons.